The first-order chi connectivity index (χ1) is 18.5. The highest BCUT2D eigenvalue weighted by molar-refractivity contribution is 5.94. The third-order valence-corrected chi connectivity index (χ3v) is 11.8. The van der Waals surface area contributed by atoms with Crippen LogP contribution in [0.1, 0.15) is 68.6 Å². The lowest BCUT2D eigenvalue weighted by Gasteiger charge is -2.65. The highest BCUT2D eigenvalue weighted by Crippen LogP contribution is 2.76. The van der Waals surface area contributed by atoms with Crippen LogP contribution < -0.4 is 0 Å². The molecule has 0 aromatic heterocycles. The Kier molecular flexibility index (Phi) is 6.93. The van der Waals surface area contributed by atoms with Crippen LogP contribution in [0.2, 0.25) is 0 Å². The molecule has 2 bridgehead atoms. The normalized spacial score (nSPS) is 36.7. The van der Waals surface area contributed by atoms with Gasteiger partial charge in [-0.25, -0.2) is 0 Å². The Labute approximate surface area is 230 Å². The second-order valence-corrected chi connectivity index (χ2v) is 12.9. The number of carbonyl (C=O) groups is 1. The van der Waals surface area contributed by atoms with Crippen molar-refractivity contribution < 1.29 is 4.79 Å². The quantitative estimate of drug-likeness (QED) is 0.415. The van der Waals surface area contributed by atoms with Gasteiger partial charge in [-0.3, -0.25) is 9.69 Å². The molecule has 6 rings (SSSR count). The zero-order chi connectivity index (χ0) is 26.5. The zero-order valence-corrected chi connectivity index (χ0v) is 23.7. The van der Waals surface area contributed by atoms with Gasteiger partial charge in [0, 0.05) is 36.7 Å². The van der Waals surface area contributed by atoms with Crippen molar-refractivity contribution in [2.75, 3.05) is 39.8 Å². The van der Waals surface area contributed by atoms with Crippen molar-refractivity contribution in [3.05, 3.63) is 72.4 Å². The Morgan fingerprint density at radius 3 is 2.53 bits per heavy atom. The molecule has 204 valence electrons. The Balaban J connectivity index is 1.32. The van der Waals surface area contributed by atoms with Crippen LogP contribution in [0.15, 0.2) is 66.8 Å². The molecule has 1 amide bonds. The van der Waals surface area contributed by atoms with Crippen LogP contribution in [0.3, 0.4) is 0 Å². The molecule has 1 aromatic rings. The van der Waals surface area contributed by atoms with Gasteiger partial charge < -0.3 is 9.80 Å². The number of carbonyl (C=O) groups excluding carboxylic acids is 1. The molecule has 0 radical (unpaired) electrons. The van der Waals surface area contributed by atoms with Gasteiger partial charge in [-0.2, -0.15) is 0 Å². The fraction of sp³-hybridized carbons (Fsp3) is 0.618. The third kappa shape index (κ3) is 3.66. The summed E-state index contributed by atoms with van der Waals surface area (Å²) in [6.07, 6.45) is 14.2. The number of allylic oxidation sites excluding steroid dienone is 4. The van der Waals surface area contributed by atoms with Crippen LogP contribution in [0.25, 0.3) is 0 Å². The van der Waals surface area contributed by atoms with Crippen LogP contribution in [0, 0.1) is 22.7 Å². The lowest BCUT2D eigenvalue weighted by atomic mass is 9.45. The maximum atomic E-state index is 13.6. The van der Waals surface area contributed by atoms with Crippen molar-refractivity contribution in [3.8, 4) is 0 Å². The minimum atomic E-state index is 0.108. The Morgan fingerprint density at radius 2 is 1.82 bits per heavy atom. The molecule has 4 nitrogen and oxygen atoms in total. The second kappa shape index (κ2) is 10.1. The van der Waals surface area contributed by atoms with Crippen LogP contribution in [-0.2, 0) is 0 Å². The predicted molar refractivity (Wildman–Crippen MR) is 156 cm³/mol. The molecule has 5 aliphatic rings. The summed E-state index contributed by atoms with van der Waals surface area (Å²) in [5, 5.41) is 0. The van der Waals surface area contributed by atoms with Crippen molar-refractivity contribution in [1.29, 1.82) is 0 Å². The van der Waals surface area contributed by atoms with Crippen LogP contribution in [0.4, 0.5) is 0 Å². The smallest absolute Gasteiger partial charge is 0.253 e. The van der Waals surface area contributed by atoms with Gasteiger partial charge in [0.25, 0.3) is 5.91 Å². The number of hydrogen-bond donors (Lipinski definition) is 0. The standard InChI is InChI=1S/C34H47N3O/c1-5-26-23-28-24-37(22-12-21-36-19-10-11-20-36)25(3)33-17-15-30(34(28,33)29(26)6-2)31(16-18-33)35(4)32(38)27-13-8-7-9-14-27/h5-9,13-14,25,28,30-31H,1-2,10-12,15-24H2,3-4H3. The minimum Gasteiger partial charge on any atom is -0.338 e. The van der Waals surface area contributed by atoms with Crippen LogP contribution in [-0.4, -0.2) is 72.5 Å². The van der Waals surface area contributed by atoms with Crippen molar-refractivity contribution in [1.82, 2.24) is 14.7 Å². The molecular formula is C34H47N3O. The molecule has 4 fully saturated rings. The summed E-state index contributed by atoms with van der Waals surface area (Å²) in [5.41, 5.74) is 4.07. The highest BCUT2D eigenvalue weighted by atomic mass is 16.2. The lowest BCUT2D eigenvalue weighted by Crippen LogP contribution is -2.68. The number of hydrogen-bond acceptors (Lipinski definition) is 3. The number of nitrogens with zero attached hydrogens (tertiary/aromatic N) is 3. The molecule has 6 unspecified atom stereocenters. The number of amides is 1. The fourth-order valence-corrected chi connectivity index (χ4v) is 10.3. The Bertz CT molecular complexity index is 1100. The first kappa shape index (κ1) is 26.1. The van der Waals surface area contributed by atoms with Gasteiger partial charge in [-0.05, 0) is 125 Å². The molecule has 2 saturated carbocycles. The van der Waals surface area contributed by atoms with Gasteiger partial charge in [0.1, 0.15) is 0 Å². The summed E-state index contributed by atoms with van der Waals surface area (Å²) in [4.78, 5) is 21.3. The van der Waals surface area contributed by atoms with Gasteiger partial charge in [-0.1, -0.05) is 43.5 Å². The summed E-state index contributed by atoms with van der Waals surface area (Å²) >= 11 is 0. The number of benzene rings is 1. The van der Waals surface area contributed by atoms with Gasteiger partial charge >= 0.3 is 0 Å². The van der Waals surface area contributed by atoms with Gasteiger partial charge in [0.05, 0.1) is 0 Å². The minimum absolute atomic E-state index is 0.108. The molecule has 2 aliphatic heterocycles. The third-order valence-electron chi connectivity index (χ3n) is 11.8. The number of piperidine rings is 1. The van der Waals surface area contributed by atoms with Crippen molar-refractivity contribution >= 4 is 5.91 Å². The Hall–Kier alpha value is -2.17. The topological polar surface area (TPSA) is 26.8 Å². The average molecular weight is 514 g/mol. The van der Waals surface area contributed by atoms with E-state index in [0.29, 0.717) is 17.9 Å². The van der Waals surface area contributed by atoms with E-state index in [1.807, 2.05) is 30.3 Å². The van der Waals surface area contributed by atoms with E-state index in [1.54, 1.807) is 0 Å². The maximum Gasteiger partial charge on any atom is 0.253 e. The summed E-state index contributed by atoms with van der Waals surface area (Å²) in [6.45, 7) is 17.4. The van der Waals surface area contributed by atoms with E-state index < -0.39 is 0 Å². The molecule has 38 heavy (non-hydrogen) atoms. The summed E-state index contributed by atoms with van der Waals surface area (Å²) in [7, 11) is 2.06. The van der Waals surface area contributed by atoms with Gasteiger partial charge in [-0.15, -0.1) is 0 Å². The fourth-order valence-electron chi connectivity index (χ4n) is 10.3. The van der Waals surface area contributed by atoms with Crippen molar-refractivity contribution in [2.45, 2.75) is 70.4 Å². The Morgan fingerprint density at radius 1 is 1.08 bits per heavy atom. The molecule has 1 spiro atoms. The monoisotopic (exact) mass is 513 g/mol. The first-order valence-electron chi connectivity index (χ1n) is 15.2. The first-order valence-corrected chi connectivity index (χ1v) is 15.2. The van der Waals surface area contributed by atoms with E-state index in [2.05, 4.69) is 54.0 Å². The molecule has 6 atom stereocenters. The van der Waals surface area contributed by atoms with Crippen molar-refractivity contribution in [3.63, 3.8) is 0 Å². The SMILES string of the molecule is C=CC1=C(C=C)C23C(C1)CN(CCCN1CCCC1)C(C)C21CCC(N(C)C(=O)c2ccccc2)C3CC1. The predicted octanol–water partition coefficient (Wildman–Crippen LogP) is 6.18. The molecule has 2 heterocycles. The van der Waals surface area contributed by atoms with Gasteiger partial charge in [0.2, 0.25) is 0 Å². The van der Waals surface area contributed by atoms with E-state index in [1.165, 1.54) is 75.9 Å². The molecule has 0 N–H and O–H groups in total. The molecule has 1 aromatic carbocycles. The van der Waals surface area contributed by atoms with E-state index >= 15 is 0 Å². The highest BCUT2D eigenvalue weighted by Gasteiger charge is 2.73. The maximum absolute atomic E-state index is 13.6. The average Bonchev–Trinajstić information content (AvgIpc) is 3.63. The lowest BCUT2D eigenvalue weighted by molar-refractivity contribution is -0.141. The van der Waals surface area contributed by atoms with E-state index in [4.69, 9.17) is 0 Å². The second-order valence-electron chi connectivity index (χ2n) is 12.9. The molecular weight excluding hydrogens is 466 g/mol. The van der Waals surface area contributed by atoms with Crippen LogP contribution >= 0.6 is 0 Å². The van der Waals surface area contributed by atoms with E-state index in [9.17, 15) is 4.79 Å². The summed E-state index contributed by atoms with van der Waals surface area (Å²) in [5.74, 6) is 1.24. The molecule has 3 aliphatic carbocycles. The van der Waals surface area contributed by atoms with E-state index in [-0.39, 0.29) is 22.8 Å². The largest absolute Gasteiger partial charge is 0.338 e. The number of rotatable bonds is 8. The molecule has 2 saturated heterocycles. The van der Waals surface area contributed by atoms with Crippen LogP contribution in [0.5, 0.6) is 0 Å². The van der Waals surface area contributed by atoms with Gasteiger partial charge in [0.15, 0.2) is 0 Å². The van der Waals surface area contributed by atoms with Crippen molar-refractivity contribution in [2.24, 2.45) is 22.7 Å². The number of likely N-dealkylation sites (tertiary alicyclic amines) is 2. The van der Waals surface area contributed by atoms with E-state index in [0.717, 1.165) is 24.9 Å². The zero-order valence-electron chi connectivity index (χ0n) is 23.7. The summed E-state index contributed by atoms with van der Waals surface area (Å²) < 4.78 is 0. The molecule has 4 heteroatoms. The summed E-state index contributed by atoms with van der Waals surface area (Å²) in [6, 6.07) is 10.7.